The lowest BCUT2D eigenvalue weighted by Gasteiger charge is -2.28. The van der Waals surface area contributed by atoms with Gasteiger partial charge in [0.1, 0.15) is 6.33 Å². The predicted octanol–water partition coefficient (Wildman–Crippen LogP) is 0.905. The number of carbonyl (C=O) groups is 2. The first-order chi connectivity index (χ1) is 8.23. The molecule has 1 atom stereocenters. The number of aromatic amines is 1. The van der Waals surface area contributed by atoms with E-state index in [1.165, 1.54) is 11.2 Å². The van der Waals surface area contributed by atoms with Crippen LogP contribution in [0, 0.1) is 11.3 Å². The van der Waals surface area contributed by atoms with Crippen LogP contribution in [0.4, 0.5) is 5.95 Å². The topological polar surface area (TPSA) is 99.2 Å². The average Bonchev–Trinajstić information content (AvgIpc) is 2.76. The number of hydrogen-bond donors (Lipinski definition) is 2. The van der Waals surface area contributed by atoms with E-state index in [1.807, 2.05) is 0 Å². The Labute approximate surface area is 105 Å². The van der Waals surface area contributed by atoms with Crippen molar-refractivity contribution in [3.05, 3.63) is 6.33 Å². The molecule has 18 heavy (non-hydrogen) atoms. The van der Waals surface area contributed by atoms with Gasteiger partial charge < -0.3 is 5.11 Å². The van der Waals surface area contributed by atoms with Crippen molar-refractivity contribution in [2.24, 2.45) is 11.3 Å². The number of carboxylic acid groups (broad SMARTS) is 1. The number of H-pyrrole nitrogens is 1. The standard InChI is InChI=1S/C11H18N4O3/c1-7(8(16)17)5-15(9(18)11(2,3)4)10-12-6-13-14-10/h6-7H,5H2,1-4H3,(H,16,17)(H,12,13,14). The second-order valence-corrected chi connectivity index (χ2v) is 5.21. The summed E-state index contributed by atoms with van der Waals surface area (Å²) >= 11 is 0. The number of amides is 1. The second kappa shape index (κ2) is 5.16. The molecule has 1 aromatic heterocycles. The SMILES string of the molecule is CC(CN(C(=O)C(C)(C)C)c1ncn[nH]1)C(=O)O. The summed E-state index contributed by atoms with van der Waals surface area (Å²) in [5.41, 5.74) is -0.620. The van der Waals surface area contributed by atoms with Gasteiger partial charge in [-0.3, -0.25) is 14.5 Å². The molecule has 0 aliphatic heterocycles. The van der Waals surface area contributed by atoms with Crippen molar-refractivity contribution in [2.75, 3.05) is 11.4 Å². The van der Waals surface area contributed by atoms with E-state index in [0.29, 0.717) is 0 Å². The van der Waals surface area contributed by atoms with E-state index in [-0.39, 0.29) is 18.4 Å². The molecule has 7 nitrogen and oxygen atoms in total. The molecule has 0 aromatic carbocycles. The van der Waals surface area contributed by atoms with Gasteiger partial charge in [-0.2, -0.15) is 10.1 Å². The highest BCUT2D eigenvalue weighted by atomic mass is 16.4. The fourth-order valence-corrected chi connectivity index (χ4v) is 1.35. The fraction of sp³-hybridized carbons (Fsp3) is 0.636. The first-order valence-electron chi connectivity index (χ1n) is 5.63. The molecule has 1 rings (SSSR count). The van der Waals surface area contributed by atoms with E-state index in [2.05, 4.69) is 15.2 Å². The van der Waals surface area contributed by atoms with E-state index in [9.17, 15) is 9.59 Å². The zero-order valence-electron chi connectivity index (χ0n) is 11.0. The molecule has 1 aromatic rings. The number of hydrogen-bond acceptors (Lipinski definition) is 4. The molecule has 0 aliphatic carbocycles. The Morgan fingerprint density at radius 1 is 1.50 bits per heavy atom. The normalized spacial score (nSPS) is 13.1. The van der Waals surface area contributed by atoms with Crippen molar-refractivity contribution in [3.63, 3.8) is 0 Å². The molecule has 0 saturated heterocycles. The number of carboxylic acids is 1. The zero-order chi connectivity index (χ0) is 13.9. The third kappa shape index (κ3) is 3.28. The number of nitrogens with one attached hydrogen (secondary N) is 1. The highest BCUT2D eigenvalue weighted by Gasteiger charge is 2.31. The monoisotopic (exact) mass is 254 g/mol. The average molecular weight is 254 g/mol. The number of aromatic nitrogens is 3. The number of carbonyl (C=O) groups excluding carboxylic acids is 1. The molecule has 0 spiro atoms. The third-order valence-electron chi connectivity index (χ3n) is 2.42. The molecule has 0 saturated carbocycles. The van der Waals surface area contributed by atoms with E-state index in [4.69, 9.17) is 5.11 Å². The molecule has 7 heteroatoms. The molecule has 1 amide bonds. The van der Waals surface area contributed by atoms with E-state index < -0.39 is 17.3 Å². The summed E-state index contributed by atoms with van der Waals surface area (Å²) in [6.45, 7) is 6.90. The van der Waals surface area contributed by atoms with E-state index >= 15 is 0 Å². The lowest BCUT2D eigenvalue weighted by Crippen LogP contribution is -2.43. The fourth-order valence-electron chi connectivity index (χ4n) is 1.35. The largest absolute Gasteiger partial charge is 0.481 e. The molecule has 0 fully saturated rings. The van der Waals surface area contributed by atoms with Gasteiger partial charge in [0.15, 0.2) is 0 Å². The van der Waals surface area contributed by atoms with Gasteiger partial charge in [0, 0.05) is 12.0 Å². The molecule has 100 valence electrons. The molecule has 1 unspecified atom stereocenters. The maximum atomic E-state index is 12.3. The van der Waals surface area contributed by atoms with Crippen LogP contribution >= 0.6 is 0 Å². The minimum absolute atomic E-state index is 0.0562. The molecular weight excluding hydrogens is 236 g/mol. The minimum Gasteiger partial charge on any atom is -0.481 e. The van der Waals surface area contributed by atoms with Crippen molar-refractivity contribution < 1.29 is 14.7 Å². The van der Waals surface area contributed by atoms with Crippen LogP contribution in [0.5, 0.6) is 0 Å². The smallest absolute Gasteiger partial charge is 0.308 e. The quantitative estimate of drug-likeness (QED) is 0.831. The number of rotatable bonds is 4. The molecule has 0 radical (unpaired) electrons. The van der Waals surface area contributed by atoms with Crippen LogP contribution in [0.2, 0.25) is 0 Å². The van der Waals surface area contributed by atoms with Gasteiger partial charge in [-0.25, -0.2) is 5.10 Å². The highest BCUT2D eigenvalue weighted by Crippen LogP contribution is 2.21. The van der Waals surface area contributed by atoms with Crippen molar-refractivity contribution in [2.45, 2.75) is 27.7 Å². The van der Waals surface area contributed by atoms with Crippen LogP contribution in [0.3, 0.4) is 0 Å². The third-order valence-corrected chi connectivity index (χ3v) is 2.42. The van der Waals surface area contributed by atoms with Crippen LogP contribution in [0.15, 0.2) is 6.33 Å². The van der Waals surface area contributed by atoms with Crippen LogP contribution in [0.25, 0.3) is 0 Å². The molecular formula is C11H18N4O3. The van der Waals surface area contributed by atoms with Crippen molar-refractivity contribution in [1.82, 2.24) is 15.2 Å². The summed E-state index contributed by atoms with van der Waals surface area (Å²) in [6, 6.07) is 0. The summed E-state index contributed by atoms with van der Waals surface area (Å²) in [4.78, 5) is 28.4. The number of aliphatic carboxylic acids is 1. The summed E-state index contributed by atoms with van der Waals surface area (Å²) in [5.74, 6) is -1.57. The predicted molar refractivity (Wildman–Crippen MR) is 65.0 cm³/mol. The molecule has 0 bridgehead atoms. The summed E-state index contributed by atoms with van der Waals surface area (Å²) < 4.78 is 0. The summed E-state index contributed by atoms with van der Waals surface area (Å²) in [6.07, 6.45) is 1.28. The minimum atomic E-state index is -0.957. The van der Waals surface area contributed by atoms with E-state index in [1.54, 1.807) is 27.7 Å². The Morgan fingerprint density at radius 2 is 2.11 bits per heavy atom. The summed E-state index contributed by atoms with van der Waals surface area (Å²) in [5, 5.41) is 15.2. The molecule has 1 heterocycles. The van der Waals surface area contributed by atoms with Crippen LogP contribution in [0.1, 0.15) is 27.7 Å². The Bertz CT molecular complexity index is 422. The molecule has 2 N–H and O–H groups in total. The Hall–Kier alpha value is -1.92. The van der Waals surface area contributed by atoms with Gasteiger partial charge in [-0.1, -0.05) is 27.7 Å². The van der Waals surface area contributed by atoms with Crippen LogP contribution < -0.4 is 4.90 Å². The highest BCUT2D eigenvalue weighted by molar-refractivity contribution is 5.95. The first-order valence-corrected chi connectivity index (χ1v) is 5.63. The first kappa shape index (κ1) is 14.1. The maximum absolute atomic E-state index is 12.3. The number of nitrogens with zero attached hydrogens (tertiary/aromatic N) is 3. The van der Waals surface area contributed by atoms with Crippen molar-refractivity contribution in [1.29, 1.82) is 0 Å². The van der Waals surface area contributed by atoms with Gasteiger partial charge in [0.05, 0.1) is 5.92 Å². The van der Waals surface area contributed by atoms with Crippen molar-refractivity contribution >= 4 is 17.8 Å². The lowest BCUT2D eigenvalue weighted by molar-refractivity contribution is -0.140. The van der Waals surface area contributed by atoms with Gasteiger partial charge in [0.2, 0.25) is 11.9 Å². The molecule has 0 aliphatic rings. The van der Waals surface area contributed by atoms with E-state index in [0.717, 1.165) is 0 Å². The van der Waals surface area contributed by atoms with Gasteiger partial charge >= 0.3 is 5.97 Å². The maximum Gasteiger partial charge on any atom is 0.308 e. The Balaban J connectivity index is 2.97. The van der Waals surface area contributed by atoms with Crippen LogP contribution in [-0.2, 0) is 9.59 Å². The Kier molecular flexibility index (Phi) is 4.05. The van der Waals surface area contributed by atoms with Gasteiger partial charge in [-0.05, 0) is 0 Å². The zero-order valence-corrected chi connectivity index (χ0v) is 11.0. The van der Waals surface area contributed by atoms with Crippen molar-refractivity contribution in [3.8, 4) is 0 Å². The van der Waals surface area contributed by atoms with Crippen LogP contribution in [-0.4, -0.2) is 38.7 Å². The summed E-state index contributed by atoms with van der Waals surface area (Å²) in [7, 11) is 0. The van der Waals surface area contributed by atoms with Gasteiger partial charge in [0.25, 0.3) is 0 Å². The van der Waals surface area contributed by atoms with Gasteiger partial charge in [-0.15, -0.1) is 0 Å². The lowest BCUT2D eigenvalue weighted by atomic mass is 9.94. The number of anilines is 1. The second-order valence-electron chi connectivity index (χ2n) is 5.21. The Morgan fingerprint density at radius 3 is 2.50 bits per heavy atom.